The number of hydrogen-bond donors (Lipinski definition) is 0. The molecule has 0 aromatic heterocycles. The fourth-order valence-corrected chi connectivity index (χ4v) is 6.42. The van der Waals surface area contributed by atoms with Gasteiger partial charge in [0, 0.05) is 42.6 Å². The van der Waals surface area contributed by atoms with Crippen molar-refractivity contribution in [2.45, 2.75) is 50.8 Å². The number of sulfone groups is 1. The number of benzene rings is 1. The molecule has 3 rings (SSSR count). The summed E-state index contributed by atoms with van der Waals surface area (Å²) in [5.41, 5.74) is 1.64. The molecule has 28 heavy (non-hydrogen) atoms. The van der Waals surface area contributed by atoms with Gasteiger partial charge in [-0.15, -0.1) is 0 Å². The van der Waals surface area contributed by atoms with Crippen molar-refractivity contribution in [2.24, 2.45) is 5.92 Å². The second-order valence-electron chi connectivity index (χ2n) is 7.72. The molecule has 0 unspecified atom stereocenters. The Morgan fingerprint density at radius 3 is 2.64 bits per heavy atom. The fourth-order valence-electron chi connectivity index (χ4n) is 3.98. The molecule has 0 spiro atoms. The van der Waals surface area contributed by atoms with E-state index in [9.17, 15) is 18.0 Å². The first-order chi connectivity index (χ1) is 13.2. The number of piperidine rings is 1. The number of carbonyl (C=O) groups excluding carboxylic acids is 2. The first-order valence-corrected chi connectivity index (χ1v) is 12.3. The summed E-state index contributed by atoms with van der Waals surface area (Å²) in [5, 5.41) is 0. The standard InChI is InChI=1S/C20H27BrN2O4S/c1-3-19(24)23-9-6-15-11-16(21)18(12-17(15)23)28(26,27)10-7-20(25)22-8-4-5-14(2)13-22/h11-12,14H,3-10,13H2,1-2H3/t14-/m1/s1. The predicted octanol–water partition coefficient (Wildman–Crippen LogP) is 3.17. The van der Waals surface area contributed by atoms with E-state index in [0.717, 1.165) is 18.4 Å². The van der Waals surface area contributed by atoms with Crippen molar-refractivity contribution in [3.8, 4) is 0 Å². The van der Waals surface area contributed by atoms with Gasteiger partial charge in [0.2, 0.25) is 11.8 Å². The van der Waals surface area contributed by atoms with Crippen LogP contribution in [-0.4, -0.2) is 50.5 Å². The van der Waals surface area contributed by atoms with E-state index in [1.807, 2.05) is 0 Å². The van der Waals surface area contributed by atoms with E-state index in [-0.39, 0.29) is 28.9 Å². The van der Waals surface area contributed by atoms with Gasteiger partial charge in [0.25, 0.3) is 0 Å². The quantitative estimate of drug-likeness (QED) is 0.661. The van der Waals surface area contributed by atoms with Gasteiger partial charge in [-0.3, -0.25) is 9.59 Å². The maximum atomic E-state index is 12.9. The molecule has 0 N–H and O–H groups in total. The number of amides is 2. The number of hydrogen-bond acceptors (Lipinski definition) is 4. The van der Waals surface area contributed by atoms with E-state index in [1.54, 1.807) is 28.9 Å². The van der Waals surface area contributed by atoms with Crippen molar-refractivity contribution >= 4 is 43.3 Å². The maximum Gasteiger partial charge on any atom is 0.226 e. The molecule has 154 valence electrons. The van der Waals surface area contributed by atoms with Gasteiger partial charge < -0.3 is 9.80 Å². The molecule has 1 aromatic carbocycles. The zero-order chi connectivity index (χ0) is 20.5. The van der Waals surface area contributed by atoms with Gasteiger partial charge in [-0.2, -0.15) is 0 Å². The molecule has 0 aliphatic carbocycles. The minimum atomic E-state index is -3.65. The molecule has 1 aromatic rings. The van der Waals surface area contributed by atoms with Crippen LogP contribution in [0.2, 0.25) is 0 Å². The highest BCUT2D eigenvalue weighted by atomic mass is 79.9. The van der Waals surface area contributed by atoms with Crippen molar-refractivity contribution in [1.29, 1.82) is 0 Å². The third kappa shape index (κ3) is 4.43. The number of likely N-dealkylation sites (tertiary alicyclic amines) is 1. The van der Waals surface area contributed by atoms with Crippen molar-refractivity contribution in [2.75, 3.05) is 30.3 Å². The third-order valence-corrected chi connectivity index (χ3v) is 8.23. The van der Waals surface area contributed by atoms with E-state index in [1.165, 1.54) is 0 Å². The smallest absolute Gasteiger partial charge is 0.226 e. The zero-order valence-electron chi connectivity index (χ0n) is 16.4. The van der Waals surface area contributed by atoms with Crippen LogP contribution in [0.4, 0.5) is 5.69 Å². The summed E-state index contributed by atoms with van der Waals surface area (Å²) in [7, 11) is -3.65. The van der Waals surface area contributed by atoms with Crippen LogP contribution in [0.15, 0.2) is 21.5 Å². The monoisotopic (exact) mass is 470 g/mol. The summed E-state index contributed by atoms with van der Waals surface area (Å²) in [6.45, 7) is 5.89. The van der Waals surface area contributed by atoms with Crippen molar-refractivity contribution in [3.05, 3.63) is 22.2 Å². The summed E-state index contributed by atoms with van der Waals surface area (Å²) in [5.74, 6) is 0.117. The lowest BCUT2D eigenvalue weighted by atomic mass is 10.0. The van der Waals surface area contributed by atoms with Crippen LogP contribution in [-0.2, 0) is 25.8 Å². The Morgan fingerprint density at radius 2 is 1.96 bits per heavy atom. The number of fused-ring (bicyclic) bond motifs is 1. The number of nitrogens with zero attached hydrogens (tertiary/aromatic N) is 2. The van der Waals surface area contributed by atoms with E-state index < -0.39 is 9.84 Å². The van der Waals surface area contributed by atoms with Crippen LogP contribution < -0.4 is 4.90 Å². The Hall–Kier alpha value is -1.41. The van der Waals surface area contributed by atoms with E-state index in [4.69, 9.17) is 0 Å². The minimum absolute atomic E-state index is 0.0150. The molecule has 2 amide bonds. The maximum absolute atomic E-state index is 12.9. The summed E-state index contributed by atoms with van der Waals surface area (Å²) in [6, 6.07) is 3.38. The first-order valence-electron chi connectivity index (χ1n) is 9.86. The van der Waals surface area contributed by atoms with Crippen LogP contribution in [0, 0.1) is 5.92 Å². The number of rotatable bonds is 5. The number of halogens is 1. The number of anilines is 1. The Bertz CT molecular complexity index is 884. The van der Waals surface area contributed by atoms with Crippen LogP contribution in [0.5, 0.6) is 0 Å². The van der Waals surface area contributed by atoms with Gasteiger partial charge in [-0.05, 0) is 58.8 Å². The molecule has 1 atom stereocenters. The lowest BCUT2D eigenvalue weighted by Gasteiger charge is -2.31. The average molecular weight is 471 g/mol. The van der Waals surface area contributed by atoms with Crippen molar-refractivity contribution in [1.82, 2.24) is 4.90 Å². The van der Waals surface area contributed by atoms with Gasteiger partial charge in [-0.25, -0.2) is 8.42 Å². The summed E-state index contributed by atoms with van der Waals surface area (Å²) in [4.78, 5) is 28.2. The predicted molar refractivity (Wildman–Crippen MR) is 112 cm³/mol. The van der Waals surface area contributed by atoms with Gasteiger partial charge in [-0.1, -0.05) is 13.8 Å². The highest BCUT2D eigenvalue weighted by Crippen LogP contribution is 2.36. The second kappa shape index (κ2) is 8.53. The normalized spacial score (nSPS) is 19.6. The zero-order valence-corrected chi connectivity index (χ0v) is 18.8. The Morgan fingerprint density at radius 1 is 1.21 bits per heavy atom. The third-order valence-electron chi connectivity index (χ3n) is 5.56. The van der Waals surface area contributed by atoms with Crippen LogP contribution in [0.1, 0.15) is 45.1 Å². The molecule has 1 fully saturated rings. The molecule has 1 saturated heterocycles. The van der Waals surface area contributed by atoms with Crippen LogP contribution in [0.25, 0.3) is 0 Å². The highest BCUT2D eigenvalue weighted by Gasteiger charge is 2.29. The lowest BCUT2D eigenvalue weighted by molar-refractivity contribution is -0.132. The molecule has 0 radical (unpaired) electrons. The van der Waals surface area contributed by atoms with Crippen LogP contribution >= 0.6 is 15.9 Å². The molecule has 2 heterocycles. The second-order valence-corrected chi connectivity index (χ2v) is 10.6. The molecule has 2 aliphatic heterocycles. The molecule has 0 saturated carbocycles. The highest BCUT2D eigenvalue weighted by molar-refractivity contribution is 9.10. The van der Waals surface area contributed by atoms with Gasteiger partial charge >= 0.3 is 0 Å². The molecular weight excluding hydrogens is 444 g/mol. The Balaban J connectivity index is 1.76. The summed E-state index contributed by atoms with van der Waals surface area (Å²) < 4.78 is 26.4. The summed E-state index contributed by atoms with van der Waals surface area (Å²) in [6.07, 6.45) is 3.15. The molecular formula is C20H27BrN2O4S. The van der Waals surface area contributed by atoms with Gasteiger partial charge in [0.1, 0.15) is 0 Å². The molecule has 0 bridgehead atoms. The van der Waals surface area contributed by atoms with Gasteiger partial charge in [0.15, 0.2) is 9.84 Å². The average Bonchev–Trinajstić information content (AvgIpc) is 3.07. The lowest BCUT2D eigenvalue weighted by Crippen LogP contribution is -2.39. The Kier molecular flexibility index (Phi) is 6.49. The minimum Gasteiger partial charge on any atom is -0.342 e. The first kappa shape index (κ1) is 21.3. The molecule has 6 nitrogen and oxygen atoms in total. The molecule has 2 aliphatic rings. The largest absolute Gasteiger partial charge is 0.342 e. The Labute approximate surface area is 175 Å². The van der Waals surface area contributed by atoms with Gasteiger partial charge in [0.05, 0.1) is 10.6 Å². The van der Waals surface area contributed by atoms with Crippen molar-refractivity contribution in [3.63, 3.8) is 0 Å². The van der Waals surface area contributed by atoms with E-state index in [0.29, 0.717) is 48.6 Å². The van der Waals surface area contributed by atoms with Crippen molar-refractivity contribution < 1.29 is 18.0 Å². The summed E-state index contributed by atoms with van der Waals surface area (Å²) >= 11 is 3.37. The fraction of sp³-hybridized carbons (Fsp3) is 0.600. The van der Waals surface area contributed by atoms with E-state index >= 15 is 0 Å². The van der Waals surface area contributed by atoms with E-state index in [2.05, 4.69) is 22.9 Å². The molecule has 8 heteroatoms. The number of carbonyl (C=O) groups is 2. The topological polar surface area (TPSA) is 74.8 Å². The van der Waals surface area contributed by atoms with Crippen LogP contribution in [0.3, 0.4) is 0 Å². The SMILES string of the molecule is CCC(=O)N1CCc2cc(Br)c(S(=O)(=O)CCC(=O)N3CCC[C@@H](C)C3)cc21.